The van der Waals surface area contributed by atoms with Gasteiger partial charge in [-0.05, 0) is 54.3 Å². The van der Waals surface area contributed by atoms with Crippen LogP contribution in [0.15, 0.2) is 83.8 Å². The number of hydrogen-bond donors (Lipinski definition) is 2. The number of carbonyl (C=O) groups excluding carboxylic acids is 1. The zero-order chi connectivity index (χ0) is 22.4. The predicted octanol–water partition coefficient (Wildman–Crippen LogP) is 3.70. The number of rotatable bonds is 8. The number of sulfonamides is 1. The zero-order valence-corrected chi connectivity index (χ0v) is 18.6. The third-order valence-electron chi connectivity index (χ3n) is 5.58. The molecule has 6 nitrogen and oxygen atoms in total. The second-order valence-corrected chi connectivity index (χ2v) is 9.65. The van der Waals surface area contributed by atoms with Crippen LogP contribution in [0.1, 0.15) is 34.3 Å². The second-order valence-electron chi connectivity index (χ2n) is 7.88. The van der Waals surface area contributed by atoms with Crippen molar-refractivity contribution in [2.45, 2.75) is 30.8 Å². The fraction of sp³-hybridized carbons (Fsp3) is 0.240. The van der Waals surface area contributed by atoms with Crippen LogP contribution in [0.2, 0.25) is 0 Å². The van der Waals surface area contributed by atoms with E-state index in [9.17, 15) is 13.2 Å². The van der Waals surface area contributed by atoms with Crippen LogP contribution < -0.4 is 14.9 Å². The van der Waals surface area contributed by atoms with Crippen LogP contribution in [0.4, 0.5) is 5.69 Å². The number of hydrogen-bond acceptors (Lipinski definition) is 4. The molecule has 2 N–H and O–H groups in total. The molecule has 3 aromatic rings. The van der Waals surface area contributed by atoms with Gasteiger partial charge < -0.3 is 10.2 Å². The monoisotopic (exact) mass is 449 g/mol. The topological polar surface area (TPSA) is 78.5 Å². The van der Waals surface area contributed by atoms with Crippen LogP contribution >= 0.6 is 0 Å². The molecule has 1 aliphatic rings. The first-order chi connectivity index (χ1) is 15.5. The Morgan fingerprint density at radius 3 is 2.22 bits per heavy atom. The molecule has 0 aromatic heterocycles. The molecule has 1 aliphatic heterocycles. The van der Waals surface area contributed by atoms with Crippen molar-refractivity contribution in [3.8, 4) is 0 Å². The molecule has 0 unspecified atom stereocenters. The molecule has 32 heavy (non-hydrogen) atoms. The highest BCUT2D eigenvalue weighted by Crippen LogP contribution is 2.20. The van der Waals surface area contributed by atoms with Crippen LogP contribution in [0.5, 0.6) is 0 Å². The summed E-state index contributed by atoms with van der Waals surface area (Å²) < 4.78 is 27.9. The van der Waals surface area contributed by atoms with E-state index in [4.69, 9.17) is 0 Å². The minimum Gasteiger partial charge on any atom is -0.372 e. The van der Waals surface area contributed by atoms with Gasteiger partial charge in [-0.2, -0.15) is 0 Å². The summed E-state index contributed by atoms with van der Waals surface area (Å²) in [7, 11) is -3.73. The van der Waals surface area contributed by atoms with Crippen LogP contribution in [-0.4, -0.2) is 27.4 Å². The Balaban J connectivity index is 1.36. The van der Waals surface area contributed by atoms with Crippen molar-refractivity contribution in [2.24, 2.45) is 0 Å². The molecular formula is C25H27N3O3S. The molecule has 166 valence electrons. The van der Waals surface area contributed by atoms with Gasteiger partial charge in [0.05, 0.1) is 4.90 Å². The largest absolute Gasteiger partial charge is 0.372 e. The van der Waals surface area contributed by atoms with Gasteiger partial charge in [-0.1, -0.05) is 48.5 Å². The maximum absolute atomic E-state index is 12.7. The Morgan fingerprint density at radius 1 is 0.812 bits per heavy atom. The van der Waals surface area contributed by atoms with Gasteiger partial charge in [0.25, 0.3) is 5.91 Å². The van der Waals surface area contributed by atoms with Gasteiger partial charge >= 0.3 is 0 Å². The van der Waals surface area contributed by atoms with Crippen LogP contribution in [0, 0.1) is 0 Å². The number of nitrogens with zero attached hydrogens (tertiary/aromatic N) is 1. The van der Waals surface area contributed by atoms with Gasteiger partial charge in [-0.15, -0.1) is 0 Å². The van der Waals surface area contributed by atoms with Crippen molar-refractivity contribution >= 4 is 21.6 Å². The summed E-state index contributed by atoms with van der Waals surface area (Å²) in [6.45, 7) is 2.75. The Bertz CT molecular complexity index is 1160. The molecule has 1 amide bonds. The lowest BCUT2D eigenvalue weighted by molar-refractivity contribution is 0.0950. The Hall–Kier alpha value is -3.16. The van der Waals surface area contributed by atoms with Gasteiger partial charge in [0.15, 0.2) is 0 Å². The quantitative estimate of drug-likeness (QED) is 0.550. The SMILES string of the molecule is O=C(NCc1ccc(N2CCCC2)cc1)c1cccc(S(=O)(=O)NCc2ccccc2)c1. The van der Waals surface area contributed by atoms with E-state index in [1.807, 2.05) is 42.5 Å². The number of nitrogens with one attached hydrogen (secondary N) is 2. The van der Waals surface area contributed by atoms with E-state index in [0.717, 1.165) is 24.2 Å². The minimum atomic E-state index is -3.73. The summed E-state index contributed by atoms with van der Waals surface area (Å²) in [5.41, 5.74) is 3.37. The van der Waals surface area contributed by atoms with Crippen molar-refractivity contribution in [3.63, 3.8) is 0 Å². The number of benzene rings is 3. The highest BCUT2D eigenvalue weighted by molar-refractivity contribution is 7.89. The van der Waals surface area contributed by atoms with Crippen molar-refractivity contribution in [1.82, 2.24) is 10.0 Å². The van der Waals surface area contributed by atoms with Crippen molar-refractivity contribution in [3.05, 3.63) is 95.6 Å². The summed E-state index contributed by atoms with van der Waals surface area (Å²) >= 11 is 0. The first-order valence-electron chi connectivity index (χ1n) is 10.8. The molecule has 0 bridgehead atoms. The normalized spacial score (nSPS) is 13.8. The highest BCUT2D eigenvalue weighted by Gasteiger charge is 2.16. The fourth-order valence-corrected chi connectivity index (χ4v) is 4.81. The van der Waals surface area contributed by atoms with Gasteiger partial charge in [0.1, 0.15) is 0 Å². The molecule has 0 saturated carbocycles. The lowest BCUT2D eigenvalue weighted by Gasteiger charge is -2.17. The highest BCUT2D eigenvalue weighted by atomic mass is 32.2. The summed E-state index contributed by atoms with van der Waals surface area (Å²) in [4.78, 5) is 15.0. The van der Waals surface area contributed by atoms with E-state index < -0.39 is 10.0 Å². The summed E-state index contributed by atoms with van der Waals surface area (Å²) in [5, 5.41) is 2.87. The van der Waals surface area contributed by atoms with Gasteiger partial charge in [0.2, 0.25) is 10.0 Å². The molecular weight excluding hydrogens is 422 g/mol. The molecule has 0 aliphatic carbocycles. The molecule has 0 radical (unpaired) electrons. The molecule has 1 fully saturated rings. The maximum Gasteiger partial charge on any atom is 0.251 e. The molecule has 7 heteroatoms. The average Bonchev–Trinajstić information content (AvgIpc) is 3.37. The van der Waals surface area contributed by atoms with Crippen molar-refractivity contribution in [2.75, 3.05) is 18.0 Å². The molecule has 3 aromatic carbocycles. The summed E-state index contributed by atoms with van der Waals surface area (Å²) in [6.07, 6.45) is 2.46. The molecule has 1 saturated heterocycles. The lowest BCUT2D eigenvalue weighted by atomic mass is 10.1. The van der Waals surface area contributed by atoms with Crippen LogP contribution in [-0.2, 0) is 23.1 Å². The van der Waals surface area contributed by atoms with Crippen LogP contribution in [0.25, 0.3) is 0 Å². The minimum absolute atomic E-state index is 0.0658. The third kappa shape index (κ3) is 5.55. The van der Waals surface area contributed by atoms with Gasteiger partial charge in [-0.3, -0.25) is 4.79 Å². The van der Waals surface area contributed by atoms with Crippen molar-refractivity contribution in [1.29, 1.82) is 0 Å². The summed E-state index contributed by atoms with van der Waals surface area (Å²) in [5.74, 6) is -0.311. The Kier molecular flexibility index (Phi) is 6.87. The number of amides is 1. The first kappa shape index (κ1) is 22.0. The van der Waals surface area contributed by atoms with E-state index in [1.165, 1.54) is 30.7 Å². The van der Waals surface area contributed by atoms with Crippen molar-refractivity contribution < 1.29 is 13.2 Å². The third-order valence-corrected chi connectivity index (χ3v) is 6.98. The Morgan fingerprint density at radius 2 is 1.50 bits per heavy atom. The van der Waals surface area contributed by atoms with E-state index >= 15 is 0 Å². The van der Waals surface area contributed by atoms with Gasteiger partial charge in [-0.25, -0.2) is 13.1 Å². The summed E-state index contributed by atoms with van der Waals surface area (Å²) in [6, 6.07) is 23.6. The number of anilines is 1. The molecule has 0 atom stereocenters. The van der Waals surface area contributed by atoms with E-state index in [1.54, 1.807) is 12.1 Å². The number of carbonyl (C=O) groups is 1. The van der Waals surface area contributed by atoms with E-state index in [-0.39, 0.29) is 17.3 Å². The smallest absolute Gasteiger partial charge is 0.251 e. The van der Waals surface area contributed by atoms with Crippen LogP contribution in [0.3, 0.4) is 0 Å². The predicted molar refractivity (Wildman–Crippen MR) is 126 cm³/mol. The molecule has 1 heterocycles. The van der Waals surface area contributed by atoms with Gasteiger partial charge in [0, 0.05) is 37.4 Å². The standard InChI is InChI=1S/C25H27N3O3S/c29-25(26-18-21-11-13-23(14-12-21)28-15-4-5-16-28)22-9-6-10-24(17-22)32(30,31)27-19-20-7-2-1-3-8-20/h1-3,6-14,17,27H,4-5,15-16,18-19H2,(H,26,29). The van der Waals surface area contributed by atoms with E-state index in [0.29, 0.717) is 12.1 Å². The average molecular weight is 450 g/mol. The first-order valence-corrected chi connectivity index (χ1v) is 12.3. The molecule has 0 spiro atoms. The zero-order valence-electron chi connectivity index (χ0n) is 17.8. The lowest BCUT2D eigenvalue weighted by Crippen LogP contribution is -2.25. The molecule has 4 rings (SSSR count). The second kappa shape index (κ2) is 9.97. The van der Waals surface area contributed by atoms with E-state index in [2.05, 4.69) is 27.1 Å². The Labute approximate surface area is 189 Å². The fourth-order valence-electron chi connectivity index (χ4n) is 3.75. The maximum atomic E-state index is 12.7.